The van der Waals surface area contributed by atoms with Crippen molar-refractivity contribution in [2.45, 2.75) is 38.6 Å². The molecule has 118 valence electrons. The van der Waals surface area contributed by atoms with E-state index in [1.807, 2.05) is 24.3 Å². The first-order valence-electron chi connectivity index (χ1n) is 7.28. The molecule has 0 fully saturated rings. The van der Waals surface area contributed by atoms with E-state index in [0.29, 0.717) is 32.5 Å². The molecule has 1 aromatic rings. The second kappa shape index (κ2) is 8.64. The van der Waals surface area contributed by atoms with Gasteiger partial charge >= 0.3 is 5.97 Å². The molecule has 0 aliphatic carbocycles. The van der Waals surface area contributed by atoms with Crippen LogP contribution in [-0.4, -0.2) is 36.4 Å². The predicted octanol–water partition coefficient (Wildman–Crippen LogP) is 1.66. The first kappa shape index (κ1) is 17.5. The Bertz CT molecular complexity index is 428. The lowest BCUT2D eigenvalue weighted by molar-refractivity contribution is -0.149. The van der Waals surface area contributed by atoms with Crippen LogP contribution in [0.1, 0.15) is 32.3 Å². The minimum Gasteiger partial charge on any atom is -0.494 e. The lowest BCUT2D eigenvalue weighted by Gasteiger charge is -2.22. The Labute approximate surface area is 126 Å². The largest absolute Gasteiger partial charge is 0.494 e. The number of aliphatic hydroxyl groups excluding tert-OH is 1. The van der Waals surface area contributed by atoms with Crippen LogP contribution in [0.25, 0.3) is 0 Å². The molecule has 1 atom stereocenters. The van der Waals surface area contributed by atoms with Crippen molar-refractivity contribution in [2.75, 3.05) is 19.8 Å². The molecule has 0 saturated carbocycles. The molecule has 0 spiro atoms. The number of carbonyl (C=O) groups is 1. The van der Waals surface area contributed by atoms with Crippen LogP contribution in [-0.2, 0) is 16.0 Å². The smallest absolute Gasteiger partial charge is 0.325 e. The first-order chi connectivity index (χ1) is 9.99. The van der Waals surface area contributed by atoms with E-state index in [1.54, 1.807) is 13.8 Å². The zero-order valence-corrected chi connectivity index (χ0v) is 12.8. The molecule has 0 bridgehead atoms. The van der Waals surface area contributed by atoms with Gasteiger partial charge in [-0.15, -0.1) is 0 Å². The summed E-state index contributed by atoms with van der Waals surface area (Å²) >= 11 is 0. The monoisotopic (exact) mass is 295 g/mol. The number of rotatable bonds is 9. The molecule has 1 rings (SSSR count). The van der Waals surface area contributed by atoms with Gasteiger partial charge in [-0.05, 0) is 50.8 Å². The maximum atomic E-state index is 11.6. The number of esters is 1. The van der Waals surface area contributed by atoms with Gasteiger partial charge in [0.1, 0.15) is 11.3 Å². The Morgan fingerprint density at radius 3 is 2.57 bits per heavy atom. The second-order valence-corrected chi connectivity index (χ2v) is 5.21. The van der Waals surface area contributed by atoms with Crippen molar-refractivity contribution in [3.8, 4) is 5.75 Å². The summed E-state index contributed by atoms with van der Waals surface area (Å²) in [5, 5.41) is 8.84. The maximum Gasteiger partial charge on any atom is 0.325 e. The number of carbonyl (C=O) groups excluding carboxylic acids is 1. The van der Waals surface area contributed by atoms with Crippen molar-refractivity contribution in [3.05, 3.63) is 29.8 Å². The molecular weight excluding hydrogens is 270 g/mol. The highest BCUT2D eigenvalue weighted by molar-refractivity contribution is 5.79. The Morgan fingerprint density at radius 2 is 2.00 bits per heavy atom. The summed E-state index contributed by atoms with van der Waals surface area (Å²) in [5.74, 6) is 0.393. The maximum absolute atomic E-state index is 11.6. The molecule has 5 heteroatoms. The molecule has 1 aromatic carbocycles. The van der Waals surface area contributed by atoms with E-state index in [4.69, 9.17) is 20.3 Å². The summed E-state index contributed by atoms with van der Waals surface area (Å²) in [4.78, 5) is 11.6. The Kier molecular flexibility index (Phi) is 7.19. The summed E-state index contributed by atoms with van der Waals surface area (Å²) in [6, 6.07) is 7.60. The van der Waals surface area contributed by atoms with Gasteiger partial charge in [0.05, 0.1) is 13.2 Å². The van der Waals surface area contributed by atoms with E-state index in [0.717, 1.165) is 11.3 Å². The van der Waals surface area contributed by atoms with Crippen LogP contribution in [0.5, 0.6) is 5.75 Å². The van der Waals surface area contributed by atoms with Gasteiger partial charge in [0.25, 0.3) is 0 Å². The van der Waals surface area contributed by atoms with Gasteiger partial charge < -0.3 is 20.3 Å². The summed E-state index contributed by atoms with van der Waals surface area (Å²) in [7, 11) is 0. The average molecular weight is 295 g/mol. The summed E-state index contributed by atoms with van der Waals surface area (Å²) < 4.78 is 10.5. The van der Waals surface area contributed by atoms with E-state index in [-0.39, 0.29) is 12.6 Å². The summed E-state index contributed by atoms with van der Waals surface area (Å²) in [6.07, 6.45) is 1.82. The Morgan fingerprint density at radius 1 is 1.33 bits per heavy atom. The van der Waals surface area contributed by atoms with Crippen LogP contribution in [0, 0.1) is 0 Å². The van der Waals surface area contributed by atoms with Crippen molar-refractivity contribution in [1.29, 1.82) is 0 Å². The predicted molar refractivity (Wildman–Crippen MR) is 81.2 cm³/mol. The molecule has 0 saturated heterocycles. The lowest BCUT2D eigenvalue weighted by Crippen LogP contribution is -2.46. The van der Waals surface area contributed by atoms with Crippen LogP contribution in [0.2, 0.25) is 0 Å². The standard InChI is InChI=1S/C16H25NO4/c1-3-20-15(19)16(2,17)10-4-12-21-14-7-5-13(6-8-14)9-11-18/h5-8,18H,3-4,9-12,17H2,1-2H3. The Hall–Kier alpha value is -1.59. The molecule has 0 aromatic heterocycles. The Balaban J connectivity index is 2.31. The van der Waals surface area contributed by atoms with Crippen molar-refractivity contribution >= 4 is 5.97 Å². The number of benzene rings is 1. The second-order valence-electron chi connectivity index (χ2n) is 5.21. The fourth-order valence-corrected chi connectivity index (χ4v) is 1.91. The van der Waals surface area contributed by atoms with Gasteiger partial charge in [0.15, 0.2) is 0 Å². The molecule has 1 unspecified atom stereocenters. The van der Waals surface area contributed by atoms with Crippen LogP contribution < -0.4 is 10.5 Å². The average Bonchev–Trinajstić information content (AvgIpc) is 2.46. The molecule has 0 amide bonds. The highest BCUT2D eigenvalue weighted by Gasteiger charge is 2.29. The normalized spacial score (nSPS) is 13.5. The number of ether oxygens (including phenoxy) is 2. The van der Waals surface area contributed by atoms with Crippen LogP contribution >= 0.6 is 0 Å². The van der Waals surface area contributed by atoms with Gasteiger partial charge in [-0.25, -0.2) is 0 Å². The van der Waals surface area contributed by atoms with Crippen LogP contribution in [0.4, 0.5) is 0 Å². The van der Waals surface area contributed by atoms with E-state index >= 15 is 0 Å². The number of aliphatic hydroxyl groups is 1. The van der Waals surface area contributed by atoms with Crippen molar-refractivity contribution in [3.63, 3.8) is 0 Å². The molecule has 0 radical (unpaired) electrons. The highest BCUT2D eigenvalue weighted by Crippen LogP contribution is 2.15. The third-order valence-electron chi connectivity index (χ3n) is 3.17. The van der Waals surface area contributed by atoms with Gasteiger partial charge in [-0.3, -0.25) is 4.79 Å². The minimum atomic E-state index is -0.968. The topological polar surface area (TPSA) is 81.8 Å². The zero-order chi connectivity index (χ0) is 15.7. The number of nitrogens with two attached hydrogens (primary N) is 1. The molecule has 5 nitrogen and oxygen atoms in total. The molecule has 0 aliphatic heterocycles. The van der Waals surface area contributed by atoms with Crippen molar-refractivity contribution in [1.82, 2.24) is 0 Å². The van der Waals surface area contributed by atoms with Gasteiger partial charge in [-0.1, -0.05) is 12.1 Å². The zero-order valence-electron chi connectivity index (χ0n) is 12.8. The first-order valence-corrected chi connectivity index (χ1v) is 7.28. The number of hydrogen-bond donors (Lipinski definition) is 2. The fraction of sp³-hybridized carbons (Fsp3) is 0.562. The molecule has 3 N–H and O–H groups in total. The minimum absolute atomic E-state index is 0.142. The van der Waals surface area contributed by atoms with Crippen molar-refractivity contribution < 1.29 is 19.4 Å². The summed E-state index contributed by atoms with van der Waals surface area (Å²) in [6.45, 7) is 4.41. The third kappa shape index (κ3) is 6.14. The van der Waals surface area contributed by atoms with E-state index < -0.39 is 5.54 Å². The van der Waals surface area contributed by atoms with Crippen molar-refractivity contribution in [2.24, 2.45) is 5.73 Å². The third-order valence-corrected chi connectivity index (χ3v) is 3.17. The van der Waals surface area contributed by atoms with Crippen LogP contribution in [0.3, 0.4) is 0 Å². The molecule has 21 heavy (non-hydrogen) atoms. The number of hydrogen-bond acceptors (Lipinski definition) is 5. The highest BCUT2D eigenvalue weighted by atomic mass is 16.5. The SMILES string of the molecule is CCOC(=O)C(C)(N)CCCOc1ccc(CCO)cc1. The van der Waals surface area contributed by atoms with E-state index in [9.17, 15) is 4.79 Å². The molecular formula is C16H25NO4. The summed E-state index contributed by atoms with van der Waals surface area (Å²) in [5.41, 5.74) is 6.03. The van der Waals surface area contributed by atoms with Crippen LogP contribution in [0.15, 0.2) is 24.3 Å². The quantitative estimate of drug-likeness (QED) is 0.535. The molecule has 0 heterocycles. The molecule has 0 aliphatic rings. The lowest BCUT2D eigenvalue weighted by atomic mass is 9.98. The van der Waals surface area contributed by atoms with Gasteiger partial charge in [0.2, 0.25) is 0 Å². The van der Waals surface area contributed by atoms with Gasteiger partial charge in [0, 0.05) is 6.61 Å². The fourth-order valence-electron chi connectivity index (χ4n) is 1.91. The van der Waals surface area contributed by atoms with Gasteiger partial charge in [-0.2, -0.15) is 0 Å². The van der Waals surface area contributed by atoms with E-state index in [2.05, 4.69) is 0 Å². The van der Waals surface area contributed by atoms with E-state index in [1.165, 1.54) is 0 Å².